The third-order valence-corrected chi connectivity index (χ3v) is 5.03. The van der Waals surface area contributed by atoms with Crippen LogP contribution < -0.4 is 5.32 Å². The van der Waals surface area contributed by atoms with Gasteiger partial charge in [0, 0.05) is 6.54 Å². The van der Waals surface area contributed by atoms with Crippen LogP contribution >= 0.6 is 0 Å². The molecule has 0 atom stereocenters. The molecule has 0 spiro atoms. The van der Waals surface area contributed by atoms with Crippen molar-refractivity contribution in [2.45, 2.75) is 29.9 Å². The highest BCUT2D eigenvalue weighted by Gasteiger charge is 2.28. The van der Waals surface area contributed by atoms with Crippen molar-refractivity contribution in [1.29, 1.82) is 0 Å². The number of anilines is 1. The second-order valence-corrected chi connectivity index (χ2v) is 7.02. The maximum Gasteiger partial charge on any atom is 0.341 e. The molecule has 1 N–H and O–H groups in total. The second-order valence-electron chi connectivity index (χ2n) is 5.13. The van der Waals surface area contributed by atoms with Gasteiger partial charge in [0.15, 0.2) is 0 Å². The average molecular weight is 318 g/mol. The number of benzene rings is 1. The molecule has 0 saturated carbocycles. The van der Waals surface area contributed by atoms with Crippen molar-refractivity contribution in [3.05, 3.63) is 24.3 Å². The van der Waals surface area contributed by atoms with Gasteiger partial charge in [-0.1, -0.05) is 12.1 Å². The summed E-state index contributed by atoms with van der Waals surface area (Å²) in [5.74, 6) is -3.40. The van der Waals surface area contributed by atoms with Gasteiger partial charge in [0.2, 0.25) is 9.84 Å². The third kappa shape index (κ3) is 4.14. The van der Waals surface area contributed by atoms with E-state index in [4.69, 9.17) is 0 Å². The summed E-state index contributed by atoms with van der Waals surface area (Å²) in [5, 5.41) is 2.96. The van der Waals surface area contributed by atoms with Crippen LogP contribution in [-0.2, 0) is 9.84 Å². The lowest BCUT2D eigenvalue weighted by Gasteiger charge is -2.16. The van der Waals surface area contributed by atoms with Gasteiger partial charge in [0.1, 0.15) is 0 Å². The number of alkyl halides is 2. The summed E-state index contributed by atoms with van der Waals surface area (Å²) in [6.45, 7) is 3.72. The minimum atomic E-state index is -4.57. The van der Waals surface area contributed by atoms with Crippen LogP contribution in [0.2, 0.25) is 0 Å². The van der Waals surface area contributed by atoms with E-state index in [2.05, 4.69) is 10.2 Å². The normalized spacial score (nSPS) is 16.5. The van der Waals surface area contributed by atoms with Crippen LogP contribution in [-0.4, -0.2) is 45.3 Å². The molecule has 118 valence electrons. The molecule has 0 radical (unpaired) electrons. The van der Waals surface area contributed by atoms with Crippen LogP contribution in [0, 0.1) is 0 Å². The van der Waals surface area contributed by atoms with Crippen LogP contribution in [0.25, 0.3) is 0 Å². The van der Waals surface area contributed by atoms with Crippen molar-refractivity contribution in [3.8, 4) is 0 Å². The first kappa shape index (κ1) is 16.2. The van der Waals surface area contributed by atoms with Gasteiger partial charge in [-0.15, -0.1) is 0 Å². The number of nitrogens with one attached hydrogen (secondary N) is 1. The monoisotopic (exact) mass is 318 g/mol. The Bertz CT molecular complexity index is 558. The van der Waals surface area contributed by atoms with E-state index in [1.807, 2.05) is 0 Å². The fourth-order valence-corrected chi connectivity index (χ4v) is 3.40. The largest absolute Gasteiger partial charge is 0.384 e. The summed E-state index contributed by atoms with van der Waals surface area (Å²) in [7, 11) is -4.57. The highest BCUT2D eigenvalue weighted by Crippen LogP contribution is 2.25. The minimum Gasteiger partial charge on any atom is -0.384 e. The van der Waals surface area contributed by atoms with E-state index in [0.717, 1.165) is 26.1 Å². The van der Waals surface area contributed by atoms with Crippen molar-refractivity contribution < 1.29 is 17.2 Å². The lowest BCUT2D eigenvalue weighted by atomic mass is 10.3. The Kier molecular flexibility index (Phi) is 5.52. The summed E-state index contributed by atoms with van der Waals surface area (Å²) in [5.41, 5.74) is 0.249. The zero-order valence-electron chi connectivity index (χ0n) is 11.8. The summed E-state index contributed by atoms with van der Waals surface area (Å²) >= 11 is 0. The lowest BCUT2D eigenvalue weighted by Crippen LogP contribution is -2.22. The SMILES string of the molecule is O=S(=O)(c1ccccc1NCCCN1CCCC1)C(F)F. The van der Waals surface area contributed by atoms with Crippen LogP contribution in [0.5, 0.6) is 0 Å². The minimum absolute atomic E-state index is 0.249. The van der Waals surface area contributed by atoms with Gasteiger partial charge in [0.25, 0.3) is 0 Å². The summed E-state index contributed by atoms with van der Waals surface area (Å²) in [6.07, 6.45) is 3.30. The Hall–Kier alpha value is -1.21. The van der Waals surface area contributed by atoms with E-state index >= 15 is 0 Å². The van der Waals surface area contributed by atoms with E-state index < -0.39 is 15.6 Å². The average Bonchev–Trinajstić information content (AvgIpc) is 2.97. The van der Waals surface area contributed by atoms with Gasteiger partial charge in [0.05, 0.1) is 10.6 Å². The smallest absolute Gasteiger partial charge is 0.341 e. The van der Waals surface area contributed by atoms with E-state index in [0.29, 0.717) is 6.54 Å². The van der Waals surface area contributed by atoms with Gasteiger partial charge in [-0.05, 0) is 51.0 Å². The first-order valence-corrected chi connectivity index (χ1v) is 8.64. The van der Waals surface area contributed by atoms with Crippen LogP contribution in [0.4, 0.5) is 14.5 Å². The molecule has 0 amide bonds. The molecule has 0 bridgehead atoms. The molecule has 1 heterocycles. The quantitative estimate of drug-likeness (QED) is 0.785. The molecular weight excluding hydrogens is 298 g/mol. The fourth-order valence-electron chi connectivity index (χ4n) is 2.49. The molecule has 2 rings (SSSR count). The van der Waals surface area contributed by atoms with Gasteiger partial charge in [-0.3, -0.25) is 0 Å². The third-order valence-electron chi connectivity index (χ3n) is 3.59. The van der Waals surface area contributed by atoms with Gasteiger partial charge < -0.3 is 10.2 Å². The van der Waals surface area contributed by atoms with Crippen LogP contribution in [0.1, 0.15) is 19.3 Å². The second kappa shape index (κ2) is 7.17. The number of hydrogen-bond donors (Lipinski definition) is 1. The van der Waals surface area contributed by atoms with E-state index in [1.165, 1.54) is 31.0 Å². The number of rotatable bonds is 7. The molecule has 1 fully saturated rings. The van der Waals surface area contributed by atoms with Crippen molar-refractivity contribution in [1.82, 2.24) is 4.90 Å². The molecule has 1 aromatic rings. The highest BCUT2D eigenvalue weighted by atomic mass is 32.2. The van der Waals surface area contributed by atoms with Gasteiger partial charge in [-0.25, -0.2) is 8.42 Å². The maximum absolute atomic E-state index is 12.6. The molecule has 0 unspecified atom stereocenters. The zero-order valence-corrected chi connectivity index (χ0v) is 12.6. The number of para-hydroxylation sites is 1. The number of sulfone groups is 1. The molecule has 0 aromatic heterocycles. The standard InChI is InChI=1S/C14H20F2N2O2S/c15-14(16)21(19,20)13-7-2-1-6-12(13)17-8-5-11-18-9-3-4-10-18/h1-2,6-7,14,17H,3-5,8-11H2. The summed E-state index contributed by atoms with van der Waals surface area (Å²) in [6, 6.07) is 5.81. The maximum atomic E-state index is 12.6. The Labute approximate surface area is 124 Å². The number of nitrogens with zero attached hydrogens (tertiary/aromatic N) is 1. The summed E-state index contributed by atoms with van der Waals surface area (Å²) < 4.78 is 48.5. The molecule has 1 saturated heterocycles. The number of hydrogen-bond acceptors (Lipinski definition) is 4. The number of likely N-dealkylation sites (tertiary alicyclic amines) is 1. The predicted octanol–water partition coefficient (Wildman–Crippen LogP) is 2.58. The van der Waals surface area contributed by atoms with Crippen molar-refractivity contribution in [2.75, 3.05) is 31.5 Å². The topological polar surface area (TPSA) is 49.4 Å². The predicted molar refractivity (Wildman–Crippen MR) is 78.4 cm³/mol. The Morgan fingerprint density at radius 1 is 1.19 bits per heavy atom. The molecule has 4 nitrogen and oxygen atoms in total. The number of halogens is 2. The summed E-state index contributed by atoms with van der Waals surface area (Å²) in [4.78, 5) is 2.02. The molecular formula is C14H20F2N2O2S. The van der Waals surface area contributed by atoms with Crippen LogP contribution in [0.3, 0.4) is 0 Å². The van der Waals surface area contributed by atoms with Crippen molar-refractivity contribution in [3.63, 3.8) is 0 Å². The van der Waals surface area contributed by atoms with E-state index in [9.17, 15) is 17.2 Å². The van der Waals surface area contributed by atoms with Crippen LogP contribution in [0.15, 0.2) is 29.2 Å². The van der Waals surface area contributed by atoms with E-state index in [1.54, 1.807) is 6.07 Å². The fraction of sp³-hybridized carbons (Fsp3) is 0.571. The molecule has 1 aromatic carbocycles. The van der Waals surface area contributed by atoms with E-state index in [-0.39, 0.29) is 10.6 Å². The Balaban J connectivity index is 1.94. The molecule has 21 heavy (non-hydrogen) atoms. The molecule has 1 aliphatic heterocycles. The molecule has 0 aliphatic carbocycles. The van der Waals surface area contributed by atoms with Crippen molar-refractivity contribution in [2.24, 2.45) is 0 Å². The first-order valence-electron chi connectivity index (χ1n) is 7.09. The Morgan fingerprint density at radius 3 is 2.52 bits per heavy atom. The highest BCUT2D eigenvalue weighted by molar-refractivity contribution is 7.91. The molecule has 7 heteroatoms. The Morgan fingerprint density at radius 2 is 1.86 bits per heavy atom. The van der Waals surface area contributed by atoms with Gasteiger partial charge >= 0.3 is 5.76 Å². The first-order chi connectivity index (χ1) is 10.0. The van der Waals surface area contributed by atoms with Crippen molar-refractivity contribution >= 4 is 15.5 Å². The molecule has 1 aliphatic rings. The zero-order chi connectivity index (χ0) is 15.3. The lowest BCUT2D eigenvalue weighted by molar-refractivity contribution is 0.235. The van der Waals surface area contributed by atoms with Gasteiger partial charge in [-0.2, -0.15) is 8.78 Å².